The Morgan fingerprint density at radius 1 is 1.29 bits per heavy atom. The van der Waals surface area contributed by atoms with Gasteiger partial charge in [-0.15, -0.1) is 0 Å². The third kappa shape index (κ3) is 6.05. The molecule has 10 heteroatoms. The molecule has 0 aliphatic carbocycles. The lowest BCUT2D eigenvalue weighted by atomic mass is 9.98. The first kappa shape index (κ1) is 26.3. The Balaban J connectivity index is 2.14. The number of nitrogens with zero attached hydrogens (tertiary/aromatic N) is 4. The first-order valence-corrected chi connectivity index (χ1v) is 12.0. The van der Waals surface area contributed by atoms with Gasteiger partial charge in [-0.1, -0.05) is 50.5 Å². The fraction of sp³-hybridized carbons (Fsp3) is 0.400. The van der Waals surface area contributed by atoms with Crippen molar-refractivity contribution in [3.05, 3.63) is 66.7 Å². The lowest BCUT2D eigenvalue weighted by Crippen LogP contribution is -2.23. The lowest BCUT2D eigenvalue weighted by molar-refractivity contribution is -0.386. The molecule has 186 valence electrons. The third-order valence-corrected chi connectivity index (χ3v) is 5.83. The number of fused-ring (bicyclic) bond motifs is 1. The average Bonchev–Trinajstić information content (AvgIpc) is 2.80. The van der Waals surface area contributed by atoms with Crippen LogP contribution in [0.4, 0.5) is 5.69 Å². The summed E-state index contributed by atoms with van der Waals surface area (Å²) in [4.78, 5) is 29.3. The summed E-state index contributed by atoms with van der Waals surface area (Å²) in [5, 5.41) is 16.6. The highest BCUT2D eigenvalue weighted by molar-refractivity contribution is 9.10. The smallest absolute Gasteiger partial charge is 0.315 e. The number of aromatic nitrogens is 2. The molecule has 2 aromatic carbocycles. The van der Waals surface area contributed by atoms with Gasteiger partial charge in [0.05, 0.1) is 35.8 Å². The van der Waals surface area contributed by atoms with Crippen LogP contribution in [0.15, 0.2) is 44.7 Å². The number of nitro groups is 1. The minimum absolute atomic E-state index is 0.0371. The second kappa shape index (κ2) is 10.6. The number of nitro benzene ring substituents is 1. The molecule has 0 unspecified atom stereocenters. The number of hydrogen-bond acceptors (Lipinski definition) is 7. The highest BCUT2D eigenvalue weighted by Gasteiger charge is 2.24. The van der Waals surface area contributed by atoms with Crippen LogP contribution in [0.3, 0.4) is 0 Å². The van der Waals surface area contributed by atoms with Crippen molar-refractivity contribution in [1.29, 1.82) is 0 Å². The van der Waals surface area contributed by atoms with Gasteiger partial charge >= 0.3 is 5.69 Å². The summed E-state index contributed by atoms with van der Waals surface area (Å²) in [5.74, 6) is 0.735. The number of rotatable bonds is 8. The number of halogens is 1. The van der Waals surface area contributed by atoms with Gasteiger partial charge in [0.15, 0.2) is 5.75 Å². The van der Waals surface area contributed by atoms with Gasteiger partial charge in [0.25, 0.3) is 5.56 Å². The Hall–Kier alpha value is -3.27. The standard InChI is InChI=1S/C25H29BrN4O5/c1-7-15(2)23-28-19-9-8-17(26)12-18(19)24(31)29(23)27-13-16-10-20(30(32)33)22(21(11-16)34-6)35-14-25(3,4)5/h8-13,15H,7,14H2,1-6H3/t15-/m1/s1. The van der Waals surface area contributed by atoms with E-state index in [0.29, 0.717) is 22.3 Å². The molecule has 0 N–H and O–H groups in total. The van der Waals surface area contributed by atoms with Gasteiger partial charge < -0.3 is 9.47 Å². The van der Waals surface area contributed by atoms with E-state index in [4.69, 9.17) is 9.47 Å². The molecule has 0 radical (unpaired) electrons. The van der Waals surface area contributed by atoms with Crippen LogP contribution in [-0.4, -0.2) is 34.5 Å². The maximum atomic E-state index is 13.3. The molecule has 1 heterocycles. The normalized spacial score (nSPS) is 12.8. The van der Waals surface area contributed by atoms with Crippen molar-refractivity contribution in [3.63, 3.8) is 0 Å². The molecule has 1 aromatic heterocycles. The zero-order valence-electron chi connectivity index (χ0n) is 20.7. The zero-order valence-corrected chi connectivity index (χ0v) is 22.2. The SMILES string of the molecule is CC[C@@H](C)c1nc2ccc(Br)cc2c(=O)n1N=Cc1cc(OC)c(OCC(C)(C)C)c([N+](=O)[O-])c1. The van der Waals surface area contributed by atoms with Gasteiger partial charge in [0.2, 0.25) is 5.75 Å². The van der Waals surface area contributed by atoms with E-state index < -0.39 is 4.92 Å². The molecular weight excluding hydrogens is 516 g/mol. The first-order valence-electron chi connectivity index (χ1n) is 11.2. The zero-order chi connectivity index (χ0) is 25.9. The van der Waals surface area contributed by atoms with Crippen LogP contribution in [0.5, 0.6) is 11.5 Å². The molecule has 0 saturated heterocycles. The minimum Gasteiger partial charge on any atom is -0.493 e. The van der Waals surface area contributed by atoms with E-state index in [9.17, 15) is 14.9 Å². The number of benzene rings is 2. The molecule has 35 heavy (non-hydrogen) atoms. The lowest BCUT2D eigenvalue weighted by Gasteiger charge is -2.20. The topological polar surface area (TPSA) is 109 Å². The number of ether oxygens (including phenoxy) is 2. The van der Waals surface area contributed by atoms with Gasteiger partial charge in [0, 0.05) is 22.0 Å². The van der Waals surface area contributed by atoms with Crippen LogP contribution in [-0.2, 0) is 0 Å². The first-order chi connectivity index (χ1) is 16.4. The number of methoxy groups -OCH3 is 1. The monoisotopic (exact) mass is 544 g/mol. The van der Waals surface area contributed by atoms with Crippen molar-refractivity contribution < 1.29 is 14.4 Å². The molecule has 3 aromatic rings. The van der Waals surface area contributed by atoms with E-state index in [1.165, 1.54) is 24.1 Å². The molecule has 0 bridgehead atoms. The van der Waals surface area contributed by atoms with E-state index in [2.05, 4.69) is 26.0 Å². The van der Waals surface area contributed by atoms with E-state index in [-0.39, 0.29) is 40.7 Å². The van der Waals surface area contributed by atoms with Gasteiger partial charge in [0.1, 0.15) is 5.82 Å². The fourth-order valence-electron chi connectivity index (χ4n) is 3.31. The summed E-state index contributed by atoms with van der Waals surface area (Å²) in [5.41, 5.74) is 0.190. The Labute approximate surface area is 212 Å². The quantitative estimate of drug-likeness (QED) is 0.198. The van der Waals surface area contributed by atoms with Gasteiger partial charge in [-0.25, -0.2) is 4.98 Å². The largest absolute Gasteiger partial charge is 0.493 e. The Morgan fingerprint density at radius 2 is 2.00 bits per heavy atom. The van der Waals surface area contributed by atoms with Crippen molar-refractivity contribution in [3.8, 4) is 11.5 Å². The van der Waals surface area contributed by atoms with E-state index in [1.807, 2.05) is 40.7 Å². The molecule has 0 aliphatic rings. The molecule has 0 saturated carbocycles. The van der Waals surface area contributed by atoms with Crippen LogP contribution in [0, 0.1) is 15.5 Å². The molecule has 0 amide bonds. The average molecular weight is 545 g/mol. The Morgan fingerprint density at radius 3 is 2.60 bits per heavy atom. The third-order valence-electron chi connectivity index (χ3n) is 5.33. The molecule has 0 spiro atoms. The molecule has 0 aliphatic heterocycles. The van der Waals surface area contributed by atoms with Crippen LogP contribution >= 0.6 is 15.9 Å². The van der Waals surface area contributed by atoms with Crippen LogP contribution in [0.2, 0.25) is 0 Å². The maximum absolute atomic E-state index is 13.3. The predicted molar refractivity (Wildman–Crippen MR) is 140 cm³/mol. The Bertz CT molecular complexity index is 1340. The molecule has 9 nitrogen and oxygen atoms in total. The maximum Gasteiger partial charge on any atom is 0.315 e. The van der Waals surface area contributed by atoms with Crippen molar-refractivity contribution in [2.24, 2.45) is 10.5 Å². The second-order valence-electron chi connectivity index (χ2n) is 9.48. The Kier molecular flexibility index (Phi) is 7.94. The summed E-state index contributed by atoms with van der Waals surface area (Å²) in [6, 6.07) is 8.26. The molecule has 1 atom stereocenters. The van der Waals surface area contributed by atoms with Crippen molar-refractivity contribution >= 4 is 38.7 Å². The second-order valence-corrected chi connectivity index (χ2v) is 10.4. The minimum atomic E-state index is -0.524. The predicted octanol–water partition coefficient (Wildman–Crippen LogP) is 5.90. The molecular formula is C25H29BrN4O5. The van der Waals surface area contributed by atoms with E-state index in [1.54, 1.807) is 18.2 Å². The fourth-order valence-corrected chi connectivity index (χ4v) is 3.67. The van der Waals surface area contributed by atoms with Gasteiger partial charge in [-0.3, -0.25) is 14.9 Å². The van der Waals surface area contributed by atoms with Crippen molar-refractivity contribution in [2.75, 3.05) is 13.7 Å². The van der Waals surface area contributed by atoms with Crippen LogP contribution in [0.1, 0.15) is 58.3 Å². The number of hydrogen-bond donors (Lipinski definition) is 0. The summed E-state index contributed by atoms with van der Waals surface area (Å²) < 4.78 is 13.2. The van der Waals surface area contributed by atoms with Crippen molar-refractivity contribution in [2.45, 2.75) is 47.0 Å². The van der Waals surface area contributed by atoms with E-state index in [0.717, 1.165) is 10.9 Å². The van der Waals surface area contributed by atoms with Crippen LogP contribution in [0.25, 0.3) is 10.9 Å². The van der Waals surface area contributed by atoms with Crippen molar-refractivity contribution in [1.82, 2.24) is 9.66 Å². The van der Waals surface area contributed by atoms with Gasteiger partial charge in [-0.2, -0.15) is 9.78 Å². The highest BCUT2D eigenvalue weighted by atomic mass is 79.9. The van der Waals surface area contributed by atoms with Crippen LogP contribution < -0.4 is 15.0 Å². The van der Waals surface area contributed by atoms with E-state index >= 15 is 0 Å². The summed E-state index contributed by atoms with van der Waals surface area (Å²) in [7, 11) is 1.42. The molecule has 3 rings (SSSR count). The summed E-state index contributed by atoms with van der Waals surface area (Å²) in [6.45, 7) is 10.1. The van der Waals surface area contributed by atoms with Gasteiger partial charge in [-0.05, 0) is 36.1 Å². The highest BCUT2D eigenvalue weighted by Crippen LogP contribution is 2.39. The molecule has 0 fully saturated rings. The summed E-state index contributed by atoms with van der Waals surface area (Å²) >= 11 is 3.39. The summed E-state index contributed by atoms with van der Waals surface area (Å²) in [6.07, 6.45) is 2.14.